The van der Waals surface area contributed by atoms with Crippen LogP contribution in [0.4, 0.5) is 0 Å². The van der Waals surface area contributed by atoms with Gasteiger partial charge in [0.05, 0.1) is 4.91 Å². The van der Waals surface area contributed by atoms with Gasteiger partial charge in [-0.2, -0.15) is 8.42 Å². The summed E-state index contributed by atoms with van der Waals surface area (Å²) >= 11 is 0. The Balaban J connectivity index is 5.18. The largest absolute Gasteiger partial charge is 0.290 e. The Labute approximate surface area is 125 Å². The Bertz CT molecular complexity index is 383. The Morgan fingerprint density at radius 1 is 1.05 bits per heavy atom. The van der Waals surface area contributed by atoms with Gasteiger partial charge in [0.2, 0.25) is 0 Å². The van der Waals surface area contributed by atoms with E-state index >= 15 is 0 Å². The van der Waals surface area contributed by atoms with E-state index < -0.39 is 10.1 Å². The van der Waals surface area contributed by atoms with Gasteiger partial charge < -0.3 is 0 Å². The monoisotopic (exact) mass is 304 g/mol. The van der Waals surface area contributed by atoms with Gasteiger partial charge in [-0.05, 0) is 31.6 Å². The van der Waals surface area contributed by atoms with Gasteiger partial charge in [-0.25, -0.2) is 0 Å². The van der Waals surface area contributed by atoms with Crippen molar-refractivity contribution in [1.29, 1.82) is 0 Å². The predicted molar refractivity (Wildman–Crippen MR) is 86.3 cm³/mol. The molecular weight excluding hydrogens is 272 g/mol. The first kappa shape index (κ1) is 19.7. The Kier molecular flexibility index (Phi) is 10.2. The van der Waals surface area contributed by atoms with Gasteiger partial charge in [0.1, 0.15) is 0 Å². The van der Waals surface area contributed by atoms with Gasteiger partial charge in [-0.1, -0.05) is 65.4 Å². The van der Waals surface area contributed by atoms with Crippen molar-refractivity contribution in [3.8, 4) is 0 Å². The average molecular weight is 304 g/mol. The molecule has 0 aliphatic rings. The molecule has 0 heterocycles. The maximum atomic E-state index is 11.7. The molecule has 0 aliphatic carbocycles. The van der Waals surface area contributed by atoms with Crippen molar-refractivity contribution >= 4 is 10.1 Å². The summed E-state index contributed by atoms with van der Waals surface area (Å²) in [5, 5.41) is 0. The molecule has 0 bridgehead atoms. The fraction of sp³-hybridized carbons (Fsp3) is 0.875. The highest BCUT2D eigenvalue weighted by molar-refractivity contribution is 7.89. The third-order valence-corrected chi connectivity index (χ3v) is 5.06. The Morgan fingerprint density at radius 2 is 1.65 bits per heavy atom. The molecule has 0 saturated heterocycles. The van der Waals surface area contributed by atoms with Crippen molar-refractivity contribution in [3.05, 3.63) is 10.5 Å². The van der Waals surface area contributed by atoms with E-state index in [1.165, 1.54) is 0 Å². The molecule has 0 aromatic heterocycles. The first-order valence-corrected chi connectivity index (χ1v) is 9.52. The summed E-state index contributed by atoms with van der Waals surface area (Å²) in [6.07, 6.45) is 8.25. The number of allylic oxidation sites excluding steroid dienone is 2. The maximum absolute atomic E-state index is 11.7. The average Bonchev–Trinajstić information content (AvgIpc) is 2.40. The standard InChI is InChI=1S/C16H32O3S/c1-5-9-11-14(7-3)13-16(20(17,18)19)15(8-4)12-10-6-2/h14H,5-13H2,1-4H3,(H,17,18,19). The van der Waals surface area contributed by atoms with Crippen molar-refractivity contribution in [3.63, 3.8) is 0 Å². The number of hydrogen-bond donors (Lipinski definition) is 1. The molecule has 1 atom stereocenters. The van der Waals surface area contributed by atoms with Gasteiger partial charge in [0, 0.05) is 0 Å². The molecule has 0 saturated carbocycles. The molecule has 0 amide bonds. The van der Waals surface area contributed by atoms with Gasteiger partial charge >= 0.3 is 0 Å². The number of unbranched alkanes of at least 4 members (excludes halogenated alkanes) is 2. The Hall–Kier alpha value is -0.350. The molecule has 3 nitrogen and oxygen atoms in total. The third-order valence-electron chi connectivity index (χ3n) is 3.98. The van der Waals surface area contributed by atoms with Crippen LogP contribution < -0.4 is 0 Å². The number of rotatable bonds is 11. The third kappa shape index (κ3) is 7.44. The lowest BCUT2D eigenvalue weighted by atomic mass is 9.93. The maximum Gasteiger partial charge on any atom is 0.290 e. The van der Waals surface area contributed by atoms with E-state index in [-0.39, 0.29) is 0 Å². The minimum atomic E-state index is -4.06. The lowest BCUT2D eigenvalue weighted by Gasteiger charge is -2.18. The molecule has 0 aromatic carbocycles. The van der Waals surface area contributed by atoms with Crippen LogP contribution in [0.1, 0.15) is 85.5 Å². The second-order valence-electron chi connectivity index (χ2n) is 5.58. The van der Waals surface area contributed by atoms with Crippen LogP contribution in [0.25, 0.3) is 0 Å². The molecule has 4 heteroatoms. The topological polar surface area (TPSA) is 54.4 Å². The van der Waals surface area contributed by atoms with E-state index in [0.717, 1.165) is 50.5 Å². The van der Waals surface area contributed by atoms with E-state index in [0.29, 0.717) is 23.7 Å². The van der Waals surface area contributed by atoms with E-state index in [1.807, 2.05) is 6.92 Å². The second-order valence-corrected chi connectivity index (χ2v) is 7.02. The summed E-state index contributed by atoms with van der Waals surface area (Å²) < 4.78 is 33.0. The second kappa shape index (κ2) is 10.4. The van der Waals surface area contributed by atoms with Crippen molar-refractivity contribution in [1.82, 2.24) is 0 Å². The molecule has 1 unspecified atom stereocenters. The highest BCUT2D eigenvalue weighted by atomic mass is 32.2. The first-order chi connectivity index (χ1) is 9.40. The molecular formula is C16H32O3S. The van der Waals surface area contributed by atoms with Crippen LogP contribution in [0.3, 0.4) is 0 Å². The van der Waals surface area contributed by atoms with Crippen LogP contribution in [-0.2, 0) is 10.1 Å². The first-order valence-electron chi connectivity index (χ1n) is 8.08. The molecule has 0 fully saturated rings. The smallest absolute Gasteiger partial charge is 0.282 e. The van der Waals surface area contributed by atoms with Crippen LogP contribution in [0, 0.1) is 5.92 Å². The zero-order valence-corrected chi connectivity index (χ0v) is 14.4. The molecule has 0 radical (unpaired) electrons. The molecule has 120 valence electrons. The van der Waals surface area contributed by atoms with Crippen LogP contribution in [0.2, 0.25) is 0 Å². The zero-order chi connectivity index (χ0) is 15.6. The van der Waals surface area contributed by atoms with Gasteiger partial charge in [-0.15, -0.1) is 0 Å². The lowest BCUT2D eigenvalue weighted by molar-refractivity contribution is 0.439. The van der Waals surface area contributed by atoms with E-state index in [2.05, 4.69) is 20.8 Å². The summed E-state index contributed by atoms with van der Waals surface area (Å²) in [4.78, 5) is 0.302. The lowest BCUT2D eigenvalue weighted by Crippen LogP contribution is -2.11. The molecule has 0 rings (SSSR count). The van der Waals surface area contributed by atoms with Crippen molar-refractivity contribution < 1.29 is 13.0 Å². The van der Waals surface area contributed by atoms with Gasteiger partial charge in [0.25, 0.3) is 10.1 Å². The Morgan fingerprint density at radius 3 is 2.05 bits per heavy atom. The highest BCUT2D eigenvalue weighted by Gasteiger charge is 2.22. The van der Waals surface area contributed by atoms with Crippen molar-refractivity contribution in [2.45, 2.75) is 85.5 Å². The normalized spacial score (nSPS) is 15.1. The van der Waals surface area contributed by atoms with E-state index in [4.69, 9.17) is 0 Å². The van der Waals surface area contributed by atoms with E-state index in [9.17, 15) is 13.0 Å². The summed E-state index contributed by atoms with van der Waals surface area (Å²) in [6.45, 7) is 8.31. The van der Waals surface area contributed by atoms with Crippen LogP contribution in [0.15, 0.2) is 10.5 Å². The van der Waals surface area contributed by atoms with Crippen LogP contribution in [-0.4, -0.2) is 13.0 Å². The molecule has 20 heavy (non-hydrogen) atoms. The molecule has 1 N–H and O–H groups in total. The van der Waals surface area contributed by atoms with Crippen LogP contribution >= 0.6 is 0 Å². The van der Waals surface area contributed by atoms with Crippen LogP contribution in [0.5, 0.6) is 0 Å². The zero-order valence-electron chi connectivity index (χ0n) is 13.6. The fourth-order valence-electron chi connectivity index (χ4n) is 2.54. The SMILES string of the molecule is CCCCC(CC)=C(CC(CC)CCCC)S(=O)(=O)O. The van der Waals surface area contributed by atoms with Crippen molar-refractivity contribution in [2.24, 2.45) is 5.92 Å². The number of hydrogen-bond acceptors (Lipinski definition) is 2. The fourth-order valence-corrected chi connectivity index (χ4v) is 3.60. The molecule has 0 aromatic rings. The summed E-state index contributed by atoms with van der Waals surface area (Å²) in [6, 6.07) is 0. The summed E-state index contributed by atoms with van der Waals surface area (Å²) in [7, 11) is -4.06. The van der Waals surface area contributed by atoms with E-state index in [1.54, 1.807) is 0 Å². The molecule has 0 aliphatic heterocycles. The summed E-state index contributed by atoms with van der Waals surface area (Å²) in [5.41, 5.74) is 0.921. The summed E-state index contributed by atoms with van der Waals surface area (Å²) in [5.74, 6) is 0.357. The molecule has 0 spiro atoms. The van der Waals surface area contributed by atoms with Crippen molar-refractivity contribution in [2.75, 3.05) is 0 Å². The van der Waals surface area contributed by atoms with Gasteiger partial charge in [0.15, 0.2) is 0 Å². The highest BCUT2D eigenvalue weighted by Crippen LogP contribution is 2.29. The predicted octanol–water partition coefficient (Wildman–Crippen LogP) is 5.34. The quantitative estimate of drug-likeness (QED) is 0.524. The minimum Gasteiger partial charge on any atom is -0.282 e. The minimum absolute atomic E-state index is 0.302. The van der Waals surface area contributed by atoms with Gasteiger partial charge in [-0.3, -0.25) is 4.55 Å².